The minimum Gasteiger partial charge on any atom is -0.496 e. The van der Waals surface area contributed by atoms with Crippen molar-refractivity contribution in [2.45, 2.75) is 12.3 Å². The van der Waals surface area contributed by atoms with Crippen LogP contribution in [0.5, 0.6) is 17.2 Å². The molecule has 6 heteroatoms. The zero-order valence-electron chi connectivity index (χ0n) is 12.2. The van der Waals surface area contributed by atoms with Crippen LogP contribution in [0.2, 0.25) is 5.02 Å². The average molecular weight is 347 g/mol. The molecule has 1 heterocycles. The van der Waals surface area contributed by atoms with E-state index in [9.17, 15) is 0 Å². The Kier molecular flexibility index (Phi) is 5.25. The average Bonchev–Trinajstić information content (AvgIpc) is 2.84. The van der Waals surface area contributed by atoms with Crippen molar-refractivity contribution in [3.63, 3.8) is 0 Å². The second-order valence-electron chi connectivity index (χ2n) is 4.41. The predicted octanol–water partition coefficient (Wildman–Crippen LogP) is 5.06. The number of hydrogen-bond donors (Lipinski definition) is 0. The first-order valence-electron chi connectivity index (χ1n) is 6.20. The second-order valence-corrected chi connectivity index (χ2v) is 6.13. The third-order valence-electron chi connectivity index (χ3n) is 3.16. The molecule has 2 aromatic rings. The van der Waals surface area contributed by atoms with Crippen LogP contribution in [0.1, 0.15) is 21.4 Å². The quantitative estimate of drug-likeness (QED) is 0.707. The molecule has 0 fully saturated rings. The monoisotopic (exact) mass is 346 g/mol. The van der Waals surface area contributed by atoms with Crippen LogP contribution < -0.4 is 14.2 Å². The first-order chi connectivity index (χ1) is 10.0. The molecule has 0 saturated carbocycles. The number of halogens is 2. The van der Waals surface area contributed by atoms with Crippen molar-refractivity contribution in [1.29, 1.82) is 0 Å². The standard InChI is InChI=1S/C15H16Cl2O3S/c1-8-7-21-15(13(8)16)14(17)12-10(19-3)5-9(18-2)6-11(12)20-4/h5-7,14H,1-4H3. The summed E-state index contributed by atoms with van der Waals surface area (Å²) in [5.41, 5.74) is 1.75. The van der Waals surface area contributed by atoms with E-state index in [1.54, 1.807) is 33.5 Å². The molecule has 2 rings (SSSR count). The molecule has 3 nitrogen and oxygen atoms in total. The molecule has 0 radical (unpaired) electrons. The lowest BCUT2D eigenvalue weighted by atomic mass is 10.1. The van der Waals surface area contributed by atoms with Gasteiger partial charge in [-0.2, -0.15) is 0 Å². The molecular formula is C15H16Cl2O3S. The van der Waals surface area contributed by atoms with Gasteiger partial charge in [0.25, 0.3) is 0 Å². The van der Waals surface area contributed by atoms with Crippen LogP contribution in [0.4, 0.5) is 0 Å². The van der Waals surface area contributed by atoms with Crippen LogP contribution in [-0.2, 0) is 0 Å². The normalized spacial score (nSPS) is 12.1. The number of rotatable bonds is 5. The molecular weight excluding hydrogens is 331 g/mol. The van der Waals surface area contributed by atoms with E-state index >= 15 is 0 Å². The number of ether oxygens (including phenoxy) is 3. The van der Waals surface area contributed by atoms with Gasteiger partial charge in [0.05, 0.1) is 31.9 Å². The molecule has 114 valence electrons. The summed E-state index contributed by atoms with van der Waals surface area (Å²) in [6.07, 6.45) is 0. The molecule has 21 heavy (non-hydrogen) atoms. The highest BCUT2D eigenvalue weighted by atomic mass is 35.5. The lowest BCUT2D eigenvalue weighted by Crippen LogP contribution is -2.01. The Balaban J connectivity index is 2.58. The summed E-state index contributed by atoms with van der Waals surface area (Å²) in [5, 5.41) is 2.21. The fraction of sp³-hybridized carbons (Fsp3) is 0.333. The molecule has 1 atom stereocenters. The maximum Gasteiger partial charge on any atom is 0.131 e. The summed E-state index contributed by atoms with van der Waals surface area (Å²) in [7, 11) is 4.76. The summed E-state index contributed by atoms with van der Waals surface area (Å²) < 4.78 is 16.1. The van der Waals surface area contributed by atoms with Crippen molar-refractivity contribution in [2.24, 2.45) is 0 Å². The van der Waals surface area contributed by atoms with Crippen molar-refractivity contribution in [3.05, 3.63) is 38.5 Å². The Labute approximate surface area is 138 Å². The van der Waals surface area contributed by atoms with E-state index < -0.39 is 5.38 Å². The summed E-state index contributed by atoms with van der Waals surface area (Å²) in [4.78, 5) is 0.873. The topological polar surface area (TPSA) is 27.7 Å². The van der Waals surface area contributed by atoms with Gasteiger partial charge in [0.1, 0.15) is 22.6 Å². The molecule has 0 saturated heterocycles. The van der Waals surface area contributed by atoms with Crippen molar-refractivity contribution in [2.75, 3.05) is 21.3 Å². The Hall–Kier alpha value is -1.10. The van der Waals surface area contributed by atoms with Gasteiger partial charge >= 0.3 is 0 Å². The van der Waals surface area contributed by atoms with Gasteiger partial charge in [0, 0.05) is 17.0 Å². The minimum atomic E-state index is -0.452. The molecule has 0 spiro atoms. The van der Waals surface area contributed by atoms with E-state index in [1.807, 2.05) is 12.3 Å². The zero-order valence-corrected chi connectivity index (χ0v) is 14.5. The number of aryl methyl sites for hydroxylation is 1. The van der Waals surface area contributed by atoms with E-state index in [0.717, 1.165) is 16.0 Å². The van der Waals surface area contributed by atoms with E-state index in [4.69, 9.17) is 37.4 Å². The van der Waals surface area contributed by atoms with Crippen molar-refractivity contribution < 1.29 is 14.2 Å². The Morgan fingerprint density at radius 3 is 2.00 bits per heavy atom. The highest BCUT2D eigenvalue weighted by Gasteiger charge is 2.25. The lowest BCUT2D eigenvalue weighted by molar-refractivity contribution is 0.369. The van der Waals surface area contributed by atoms with E-state index in [1.165, 1.54) is 11.3 Å². The van der Waals surface area contributed by atoms with Crippen molar-refractivity contribution in [3.8, 4) is 17.2 Å². The molecule has 0 bridgehead atoms. The van der Waals surface area contributed by atoms with E-state index in [2.05, 4.69) is 0 Å². The van der Waals surface area contributed by atoms with E-state index in [0.29, 0.717) is 22.3 Å². The fourth-order valence-electron chi connectivity index (χ4n) is 2.03. The zero-order chi connectivity index (χ0) is 15.6. The Bertz CT molecular complexity index is 615. The molecule has 1 aromatic carbocycles. The van der Waals surface area contributed by atoms with Crippen molar-refractivity contribution >= 4 is 34.5 Å². The van der Waals surface area contributed by atoms with Crippen LogP contribution >= 0.6 is 34.5 Å². The SMILES string of the molecule is COc1cc(OC)c(C(Cl)c2scc(C)c2Cl)c(OC)c1. The van der Waals surface area contributed by atoms with Crippen LogP contribution in [0.15, 0.2) is 17.5 Å². The highest BCUT2D eigenvalue weighted by Crippen LogP contribution is 2.47. The Morgan fingerprint density at radius 2 is 1.62 bits per heavy atom. The summed E-state index contributed by atoms with van der Waals surface area (Å²) in [6.45, 7) is 1.95. The third kappa shape index (κ3) is 3.07. The van der Waals surface area contributed by atoms with Gasteiger partial charge in [-0.05, 0) is 17.9 Å². The largest absolute Gasteiger partial charge is 0.496 e. The number of hydrogen-bond acceptors (Lipinski definition) is 4. The van der Waals surface area contributed by atoms with Crippen LogP contribution in [0, 0.1) is 6.92 Å². The molecule has 0 amide bonds. The van der Waals surface area contributed by atoms with Gasteiger partial charge < -0.3 is 14.2 Å². The fourth-order valence-corrected chi connectivity index (χ4v) is 3.85. The van der Waals surface area contributed by atoms with Gasteiger partial charge in [-0.25, -0.2) is 0 Å². The van der Waals surface area contributed by atoms with Crippen LogP contribution in [0.3, 0.4) is 0 Å². The first-order valence-corrected chi connectivity index (χ1v) is 7.90. The third-order valence-corrected chi connectivity index (χ3v) is 5.51. The summed E-state index contributed by atoms with van der Waals surface area (Å²) in [6, 6.07) is 3.56. The second kappa shape index (κ2) is 6.77. The predicted molar refractivity (Wildman–Crippen MR) is 87.9 cm³/mol. The first kappa shape index (κ1) is 16.3. The number of thiophene rings is 1. The molecule has 1 unspecified atom stereocenters. The van der Waals surface area contributed by atoms with Gasteiger partial charge in [-0.3, -0.25) is 0 Å². The summed E-state index contributed by atoms with van der Waals surface area (Å²) in [5.74, 6) is 1.85. The maximum absolute atomic E-state index is 6.64. The minimum absolute atomic E-state index is 0.452. The smallest absolute Gasteiger partial charge is 0.131 e. The van der Waals surface area contributed by atoms with E-state index in [-0.39, 0.29) is 0 Å². The summed E-state index contributed by atoms with van der Waals surface area (Å²) >= 11 is 14.5. The van der Waals surface area contributed by atoms with Gasteiger partial charge in [-0.15, -0.1) is 22.9 Å². The van der Waals surface area contributed by atoms with Crippen LogP contribution in [0.25, 0.3) is 0 Å². The molecule has 0 aliphatic carbocycles. The Morgan fingerprint density at radius 1 is 1.05 bits per heavy atom. The molecule has 0 N–H and O–H groups in total. The highest BCUT2D eigenvalue weighted by molar-refractivity contribution is 7.11. The van der Waals surface area contributed by atoms with Crippen molar-refractivity contribution in [1.82, 2.24) is 0 Å². The number of methoxy groups -OCH3 is 3. The van der Waals surface area contributed by atoms with Gasteiger partial charge in [0.15, 0.2) is 0 Å². The maximum atomic E-state index is 6.64. The molecule has 0 aliphatic heterocycles. The van der Waals surface area contributed by atoms with Gasteiger partial charge in [-0.1, -0.05) is 11.6 Å². The van der Waals surface area contributed by atoms with Gasteiger partial charge in [0.2, 0.25) is 0 Å². The number of alkyl halides is 1. The van der Waals surface area contributed by atoms with Crippen LogP contribution in [-0.4, -0.2) is 21.3 Å². The number of benzene rings is 1. The lowest BCUT2D eigenvalue weighted by Gasteiger charge is -2.18. The molecule has 1 aromatic heterocycles. The molecule has 0 aliphatic rings.